The van der Waals surface area contributed by atoms with Crippen molar-refractivity contribution in [2.75, 3.05) is 18.0 Å². The van der Waals surface area contributed by atoms with Crippen molar-refractivity contribution in [3.05, 3.63) is 64.0 Å². The lowest BCUT2D eigenvalue weighted by molar-refractivity contribution is 0.163. The molecule has 5 rings (SSSR count). The van der Waals surface area contributed by atoms with Crippen LogP contribution >= 0.6 is 23.2 Å². The number of halogens is 2. The molecule has 0 unspecified atom stereocenters. The Morgan fingerprint density at radius 3 is 2.50 bits per heavy atom. The summed E-state index contributed by atoms with van der Waals surface area (Å²) in [6.07, 6.45) is 6.68. The van der Waals surface area contributed by atoms with Gasteiger partial charge in [0.2, 0.25) is 11.8 Å². The van der Waals surface area contributed by atoms with E-state index in [2.05, 4.69) is 56.8 Å². The van der Waals surface area contributed by atoms with Gasteiger partial charge in [-0.3, -0.25) is 4.57 Å². The molecule has 0 radical (unpaired) electrons. The summed E-state index contributed by atoms with van der Waals surface area (Å²) in [5.41, 5.74) is 1.36. The first-order valence-corrected chi connectivity index (χ1v) is 12.1. The van der Waals surface area contributed by atoms with E-state index in [1.54, 1.807) is 12.3 Å². The smallest absolute Gasteiger partial charge is 0.232 e. The Bertz CT molecular complexity index is 1080. The first-order chi connectivity index (χ1) is 15.6. The van der Waals surface area contributed by atoms with Crippen molar-refractivity contribution in [3.63, 3.8) is 0 Å². The Morgan fingerprint density at radius 1 is 1.09 bits per heavy atom. The number of hydrogen-bond acceptors (Lipinski definition) is 5. The van der Waals surface area contributed by atoms with Gasteiger partial charge in [-0.05, 0) is 30.9 Å². The Kier molecular flexibility index (Phi) is 5.99. The molecule has 1 saturated carbocycles. The average molecular weight is 472 g/mol. The Balaban J connectivity index is 1.32. The third kappa shape index (κ3) is 4.06. The fraction of sp³-hybridized carbons (Fsp3) is 0.458. The van der Waals surface area contributed by atoms with Crippen LogP contribution in [0, 0.1) is 0 Å². The van der Waals surface area contributed by atoms with Gasteiger partial charge < -0.3 is 9.64 Å². The maximum atomic E-state index is 6.23. The van der Waals surface area contributed by atoms with Gasteiger partial charge in [-0.2, -0.15) is 0 Å². The van der Waals surface area contributed by atoms with Crippen LogP contribution in [-0.4, -0.2) is 38.9 Å². The lowest BCUT2D eigenvalue weighted by Crippen LogP contribution is -2.40. The molecule has 8 heteroatoms. The van der Waals surface area contributed by atoms with E-state index < -0.39 is 0 Å². The lowest BCUT2D eigenvalue weighted by Gasteiger charge is -2.33. The highest BCUT2D eigenvalue weighted by atomic mass is 35.5. The van der Waals surface area contributed by atoms with Gasteiger partial charge in [-0.1, -0.05) is 60.5 Å². The fourth-order valence-corrected chi connectivity index (χ4v) is 5.08. The van der Waals surface area contributed by atoms with Crippen molar-refractivity contribution in [3.8, 4) is 5.88 Å². The minimum atomic E-state index is 0.0140. The molecule has 0 bridgehead atoms. The summed E-state index contributed by atoms with van der Waals surface area (Å²) in [6, 6.07) is 12.4. The molecule has 32 heavy (non-hydrogen) atoms. The summed E-state index contributed by atoms with van der Waals surface area (Å²) in [7, 11) is 0. The zero-order valence-electron chi connectivity index (χ0n) is 18.2. The molecule has 0 atom stereocenters. The topological polar surface area (TPSA) is 56.1 Å². The van der Waals surface area contributed by atoms with E-state index in [9.17, 15) is 0 Å². The van der Waals surface area contributed by atoms with Gasteiger partial charge in [0.25, 0.3) is 0 Å². The first kappa shape index (κ1) is 21.5. The first-order valence-electron chi connectivity index (χ1n) is 11.3. The van der Waals surface area contributed by atoms with E-state index in [0.717, 1.165) is 63.5 Å². The highest BCUT2D eigenvalue weighted by Gasteiger charge is 2.50. The van der Waals surface area contributed by atoms with Crippen LogP contribution in [0.15, 0.2) is 42.6 Å². The highest BCUT2D eigenvalue weighted by molar-refractivity contribution is 6.35. The van der Waals surface area contributed by atoms with Crippen LogP contribution in [0.1, 0.15) is 50.4 Å². The van der Waals surface area contributed by atoms with Gasteiger partial charge in [-0.15, -0.1) is 10.2 Å². The van der Waals surface area contributed by atoms with Crippen LogP contribution in [0.5, 0.6) is 5.88 Å². The van der Waals surface area contributed by atoms with Gasteiger partial charge in [-0.25, -0.2) is 4.98 Å². The number of benzene rings is 1. The maximum absolute atomic E-state index is 6.23. The maximum Gasteiger partial charge on any atom is 0.232 e. The van der Waals surface area contributed by atoms with Gasteiger partial charge >= 0.3 is 0 Å². The number of pyridine rings is 1. The van der Waals surface area contributed by atoms with Crippen molar-refractivity contribution in [1.29, 1.82) is 0 Å². The molecule has 2 aliphatic rings. The summed E-state index contributed by atoms with van der Waals surface area (Å²) < 4.78 is 8.41. The van der Waals surface area contributed by atoms with Gasteiger partial charge in [0.1, 0.15) is 17.0 Å². The molecule has 2 fully saturated rings. The summed E-state index contributed by atoms with van der Waals surface area (Å²) >= 11 is 12.2. The molecular weight excluding hydrogens is 445 g/mol. The summed E-state index contributed by atoms with van der Waals surface area (Å²) in [4.78, 5) is 6.56. The van der Waals surface area contributed by atoms with Crippen LogP contribution in [-0.2, 0) is 12.0 Å². The molecule has 1 aliphatic carbocycles. The third-order valence-electron chi connectivity index (χ3n) is 6.46. The fourth-order valence-electron chi connectivity index (χ4n) is 4.66. The number of aromatic nitrogens is 4. The zero-order valence-corrected chi connectivity index (χ0v) is 19.7. The summed E-state index contributed by atoms with van der Waals surface area (Å²) in [5.74, 6) is 2.53. The van der Waals surface area contributed by atoms with E-state index in [-0.39, 0.29) is 11.5 Å². The normalized spacial score (nSPS) is 18.0. The van der Waals surface area contributed by atoms with Gasteiger partial charge in [0.15, 0.2) is 0 Å². The number of ether oxygens (including phenoxy) is 1. The van der Waals surface area contributed by atoms with Crippen molar-refractivity contribution in [2.24, 2.45) is 0 Å². The second-order valence-corrected chi connectivity index (χ2v) is 9.51. The average Bonchev–Trinajstić information content (AvgIpc) is 3.51. The van der Waals surface area contributed by atoms with Gasteiger partial charge in [0.05, 0.1) is 10.4 Å². The molecule has 1 aliphatic heterocycles. The minimum absolute atomic E-state index is 0.0140. The molecule has 3 heterocycles. The summed E-state index contributed by atoms with van der Waals surface area (Å²) in [5, 5.41) is 10.4. The van der Waals surface area contributed by atoms with E-state index in [1.807, 2.05) is 0 Å². The lowest BCUT2D eigenvalue weighted by atomic mass is 9.95. The number of rotatable bonds is 7. The highest BCUT2D eigenvalue weighted by Crippen LogP contribution is 2.53. The van der Waals surface area contributed by atoms with E-state index in [0.29, 0.717) is 15.9 Å². The zero-order chi connectivity index (χ0) is 22.1. The van der Waals surface area contributed by atoms with Crippen molar-refractivity contribution in [2.45, 2.75) is 57.1 Å². The van der Waals surface area contributed by atoms with Crippen molar-refractivity contribution >= 4 is 29.2 Å². The largest absolute Gasteiger partial charge is 0.473 e. The number of anilines is 1. The van der Waals surface area contributed by atoms with E-state index >= 15 is 0 Å². The Morgan fingerprint density at radius 2 is 1.84 bits per heavy atom. The van der Waals surface area contributed by atoms with E-state index in [1.165, 1.54) is 5.56 Å². The molecule has 0 spiro atoms. The van der Waals surface area contributed by atoms with Crippen LogP contribution in [0.4, 0.5) is 5.95 Å². The number of piperidine rings is 1. The quantitative estimate of drug-likeness (QED) is 0.454. The molecule has 6 nitrogen and oxygen atoms in total. The molecule has 1 aromatic carbocycles. The van der Waals surface area contributed by atoms with Crippen LogP contribution in [0.3, 0.4) is 0 Å². The predicted octanol–water partition coefficient (Wildman–Crippen LogP) is 5.52. The van der Waals surface area contributed by atoms with Crippen molar-refractivity contribution < 1.29 is 4.74 Å². The molecule has 1 saturated heterocycles. The SMILES string of the molecule is CCCn1c(N2CCC(Oc3ncc(Cl)cc3Cl)CC2)nnc1C1(c2ccccc2)CC1. The molecule has 0 amide bonds. The molecule has 168 valence electrons. The third-order valence-corrected chi connectivity index (χ3v) is 6.94. The number of hydrogen-bond donors (Lipinski definition) is 0. The van der Waals surface area contributed by atoms with Crippen LogP contribution in [0.25, 0.3) is 0 Å². The van der Waals surface area contributed by atoms with Crippen LogP contribution < -0.4 is 9.64 Å². The minimum Gasteiger partial charge on any atom is -0.473 e. The summed E-state index contributed by atoms with van der Waals surface area (Å²) in [6.45, 7) is 4.84. The Labute approximate surface area is 198 Å². The second-order valence-electron chi connectivity index (χ2n) is 8.67. The number of nitrogens with zero attached hydrogens (tertiary/aromatic N) is 5. The second kappa shape index (κ2) is 8.91. The molecule has 3 aromatic rings. The standard InChI is InChI=1S/C24H27Cl2N5O/c1-2-12-31-22(24(10-11-24)17-6-4-3-5-7-17)28-29-23(31)30-13-8-19(9-14-30)32-21-20(26)15-18(25)16-27-21/h3-7,15-16,19H,2,8-14H2,1H3. The van der Waals surface area contributed by atoms with E-state index in [4.69, 9.17) is 33.0 Å². The molecule has 2 aromatic heterocycles. The molecular formula is C24H27Cl2N5O. The van der Waals surface area contributed by atoms with Gasteiger partial charge in [0, 0.05) is 38.7 Å². The monoisotopic (exact) mass is 471 g/mol. The molecule has 0 N–H and O–H groups in total. The van der Waals surface area contributed by atoms with Crippen molar-refractivity contribution in [1.82, 2.24) is 19.7 Å². The predicted molar refractivity (Wildman–Crippen MR) is 127 cm³/mol. The Hall–Kier alpha value is -2.31. The van der Waals surface area contributed by atoms with Crippen LogP contribution in [0.2, 0.25) is 10.0 Å².